The number of nitrogens with zero attached hydrogens (tertiary/aromatic N) is 5. The van der Waals surface area contributed by atoms with Gasteiger partial charge in [-0.2, -0.15) is 0 Å². The van der Waals surface area contributed by atoms with Crippen molar-refractivity contribution in [3.8, 4) is 0 Å². The number of carbonyl (C=O) groups is 1. The molecule has 2 fully saturated rings. The molecule has 1 aromatic carbocycles. The van der Waals surface area contributed by atoms with Gasteiger partial charge in [-0.3, -0.25) is 19.6 Å². The van der Waals surface area contributed by atoms with Gasteiger partial charge in [-0.05, 0) is 43.8 Å². The zero-order chi connectivity index (χ0) is 21.6. The maximum absolute atomic E-state index is 12.5. The molecule has 2 aliphatic heterocycles. The van der Waals surface area contributed by atoms with Crippen molar-refractivity contribution in [2.75, 3.05) is 70.3 Å². The summed E-state index contributed by atoms with van der Waals surface area (Å²) in [6.45, 7) is 9.59. The van der Waals surface area contributed by atoms with Gasteiger partial charge >= 0.3 is 0 Å². The first-order chi connectivity index (χ1) is 15.1. The van der Waals surface area contributed by atoms with Crippen LogP contribution in [-0.2, 0) is 0 Å². The van der Waals surface area contributed by atoms with Crippen molar-refractivity contribution in [1.82, 2.24) is 19.7 Å². The predicted molar refractivity (Wildman–Crippen MR) is 126 cm³/mol. The van der Waals surface area contributed by atoms with Crippen molar-refractivity contribution in [2.45, 2.75) is 6.42 Å². The average molecular weight is 462 g/mol. The Labute approximate surface area is 194 Å². The predicted octanol–water partition coefficient (Wildman–Crippen LogP) is 3.36. The molecule has 0 aliphatic carbocycles. The highest BCUT2D eigenvalue weighted by atomic mass is 35.5. The lowest BCUT2D eigenvalue weighted by Gasteiger charge is -2.37. The molecule has 166 valence electrons. The van der Waals surface area contributed by atoms with Crippen LogP contribution in [0.1, 0.15) is 16.9 Å². The molecule has 6 nitrogen and oxygen atoms in total. The maximum atomic E-state index is 12.5. The van der Waals surface area contributed by atoms with Crippen LogP contribution >= 0.6 is 23.2 Å². The summed E-state index contributed by atoms with van der Waals surface area (Å²) in [5, 5.41) is 1.27. The van der Waals surface area contributed by atoms with E-state index >= 15 is 0 Å². The summed E-state index contributed by atoms with van der Waals surface area (Å²) >= 11 is 12.5. The largest absolute Gasteiger partial charge is 0.368 e. The second kappa shape index (κ2) is 10.6. The molecular formula is C23H29Cl2N5O. The number of hydrogen-bond acceptors (Lipinski definition) is 5. The molecule has 3 heterocycles. The lowest BCUT2D eigenvalue weighted by Crippen LogP contribution is -2.50. The van der Waals surface area contributed by atoms with E-state index < -0.39 is 0 Å². The smallest absolute Gasteiger partial charge is 0.272 e. The molecule has 0 unspecified atom stereocenters. The van der Waals surface area contributed by atoms with Crippen LogP contribution in [0.15, 0.2) is 42.6 Å². The fourth-order valence-corrected chi connectivity index (χ4v) is 4.71. The highest BCUT2D eigenvalue weighted by molar-refractivity contribution is 6.43. The molecule has 2 aromatic rings. The van der Waals surface area contributed by atoms with E-state index in [0.717, 1.165) is 77.6 Å². The van der Waals surface area contributed by atoms with E-state index in [1.54, 1.807) is 12.3 Å². The van der Waals surface area contributed by atoms with Crippen LogP contribution in [-0.4, -0.2) is 91.0 Å². The van der Waals surface area contributed by atoms with E-state index in [4.69, 9.17) is 23.2 Å². The van der Waals surface area contributed by atoms with Crippen molar-refractivity contribution in [3.05, 3.63) is 58.3 Å². The Morgan fingerprint density at radius 3 is 2.16 bits per heavy atom. The minimum atomic E-state index is 0.0397. The topological polar surface area (TPSA) is 42.9 Å². The Kier molecular flexibility index (Phi) is 7.67. The SMILES string of the molecule is O=C(c1ccccn1)N1CCN(CCCN2CCN(c3cccc(Cl)c3Cl)CC2)CC1. The van der Waals surface area contributed by atoms with Gasteiger partial charge in [0, 0.05) is 58.6 Å². The number of amides is 1. The molecule has 4 rings (SSSR count). The number of anilines is 1. The third-order valence-corrected chi connectivity index (χ3v) is 6.95. The first-order valence-electron chi connectivity index (χ1n) is 11.0. The Balaban J connectivity index is 1.15. The monoisotopic (exact) mass is 461 g/mol. The second-order valence-corrected chi connectivity index (χ2v) is 8.89. The van der Waals surface area contributed by atoms with Crippen molar-refractivity contribution >= 4 is 34.8 Å². The molecule has 0 spiro atoms. The van der Waals surface area contributed by atoms with Gasteiger partial charge in [0.2, 0.25) is 0 Å². The molecule has 0 N–H and O–H groups in total. The number of aromatic nitrogens is 1. The van der Waals surface area contributed by atoms with Crippen LogP contribution in [0, 0.1) is 0 Å². The average Bonchev–Trinajstić information content (AvgIpc) is 2.82. The van der Waals surface area contributed by atoms with E-state index in [9.17, 15) is 4.79 Å². The highest BCUT2D eigenvalue weighted by Crippen LogP contribution is 2.32. The summed E-state index contributed by atoms with van der Waals surface area (Å²) in [5.74, 6) is 0.0397. The summed E-state index contributed by atoms with van der Waals surface area (Å²) < 4.78 is 0. The minimum absolute atomic E-state index is 0.0397. The molecule has 1 aromatic heterocycles. The van der Waals surface area contributed by atoms with Gasteiger partial charge in [-0.15, -0.1) is 0 Å². The van der Waals surface area contributed by atoms with Crippen LogP contribution in [0.3, 0.4) is 0 Å². The van der Waals surface area contributed by atoms with E-state index in [0.29, 0.717) is 15.7 Å². The number of benzene rings is 1. The zero-order valence-electron chi connectivity index (χ0n) is 17.7. The summed E-state index contributed by atoms with van der Waals surface area (Å²) in [6, 6.07) is 11.3. The first-order valence-corrected chi connectivity index (χ1v) is 11.7. The molecule has 0 radical (unpaired) electrons. The Bertz CT molecular complexity index is 866. The van der Waals surface area contributed by atoms with Crippen LogP contribution in [0.5, 0.6) is 0 Å². The van der Waals surface area contributed by atoms with Gasteiger partial charge in [0.25, 0.3) is 5.91 Å². The van der Waals surface area contributed by atoms with Crippen LogP contribution in [0.4, 0.5) is 5.69 Å². The molecular weight excluding hydrogens is 433 g/mol. The van der Waals surface area contributed by atoms with Gasteiger partial charge in [0.15, 0.2) is 0 Å². The molecule has 1 amide bonds. The molecule has 0 atom stereocenters. The molecule has 0 bridgehead atoms. The van der Waals surface area contributed by atoms with Crippen LogP contribution in [0.25, 0.3) is 0 Å². The number of halogens is 2. The number of hydrogen-bond donors (Lipinski definition) is 0. The molecule has 8 heteroatoms. The highest BCUT2D eigenvalue weighted by Gasteiger charge is 2.23. The van der Waals surface area contributed by atoms with Crippen LogP contribution in [0.2, 0.25) is 10.0 Å². The third-order valence-electron chi connectivity index (χ3n) is 6.14. The fourth-order valence-electron chi connectivity index (χ4n) is 4.29. The standard InChI is InChI=1S/C23H29Cl2N5O/c24-19-5-3-7-21(22(19)25)29-15-11-27(12-16-29)9-4-10-28-13-17-30(18-14-28)23(31)20-6-1-2-8-26-20/h1-3,5-8H,4,9-18H2. The van der Waals surface area contributed by atoms with Crippen molar-refractivity contribution in [1.29, 1.82) is 0 Å². The van der Waals surface area contributed by atoms with E-state index in [2.05, 4.69) is 19.7 Å². The summed E-state index contributed by atoms with van der Waals surface area (Å²) in [6.07, 6.45) is 2.82. The number of pyridine rings is 1. The van der Waals surface area contributed by atoms with Crippen molar-refractivity contribution in [2.24, 2.45) is 0 Å². The normalized spacial score (nSPS) is 18.4. The van der Waals surface area contributed by atoms with E-state index in [-0.39, 0.29) is 5.91 Å². The number of piperazine rings is 2. The zero-order valence-corrected chi connectivity index (χ0v) is 19.2. The van der Waals surface area contributed by atoms with E-state index in [1.165, 1.54) is 0 Å². The Morgan fingerprint density at radius 2 is 1.52 bits per heavy atom. The Hall–Kier alpha value is -1.86. The van der Waals surface area contributed by atoms with Crippen molar-refractivity contribution in [3.63, 3.8) is 0 Å². The van der Waals surface area contributed by atoms with Gasteiger partial charge < -0.3 is 9.80 Å². The molecule has 0 saturated carbocycles. The summed E-state index contributed by atoms with van der Waals surface area (Å²) in [4.78, 5) is 25.9. The van der Waals surface area contributed by atoms with Gasteiger partial charge in [0.1, 0.15) is 5.69 Å². The lowest BCUT2D eigenvalue weighted by molar-refractivity contribution is 0.0626. The Morgan fingerprint density at radius 1 is 0.839 bits per heavy atom. The molecule has 2 aliphatic rings. The maximum Gasteiger partial charge on any atom is 0.272 e. The van der Waals surface area contributed by atoms with Gasteiger partial charge in [0.05, 0.1) is 15.7 Å². The minimum Gasteiger partial charge on any atom is -0.368 e. The van der Waals surface area contributed by atoms with Crippen molar-refractivity contribution < 1.29 is 4.79 Å². The van der Waals surface area contributed by atoms with Gasteiger partial charge in [-0.1, -0.05) is 35.3 Å². The van der Waals surface area contributed by atoms with E-state index in [1.807, 2.05) is 35.2 Å². The first kappa shape index (κ1) is 22.3. The fraction of sp³-hybridized carbons (Fsp3) is 0.478. The molecule has 2 saturated heterocycles. The third kappa shape index (κ3) is 5.69. The second-order valence-electron chi connectivity index (χ2n) is 8.10. The van der Waals surface area contributed by atoms with Gasteiger partial charge in [-0.25, -0.2) is 0 Å². The van der Waals surface area contributed by atoms with Crippen LogP contribution < -0.4 is 4.90 Å². The number of rotatable bonds is 6. The number of carbonyl (C=O) groups excluding carboxylic acids is 1. The molecule has 31 heavy (non-hydrogen) atoms. The summed E-state index contributed by atoms with van der Waals surface area (Å²) in [5.41, 5.74) is 1.57. The quantitative estimate of drug-likeness (QED) is 0.659. The lowest BCUT2D eigenvalue weighted by atomic mass is 10.2. The summed E-state index contributed by atoms with van der Waals surface area (Å²) in [7, 11) is 0.